The lowest BCUT2D eigenvalue weighted by Gasteiger charge is -2.54. The Hall–Kier alpha value is -4.88. The molecule has 3 fully saturated rings. The average molecular weight is 728 g/mol. The molecule has 4 atom stereocenters. The van der Waals surface area contributed by atoms with Crippen molar-refractivity contribution in [3.05, 3.63) is 161 Å². The second-order valence-corrected chi connectivity index (χ2v) is 19.0. The molecule has 12 rings (SSSR count). The summed E-state index contributed by atoms with van der Waals surface area (Å²) in [6.45, 7) is 7.34. The van der Waals surface area contributed by atoms with Gasteiger partial charge in [-0.3, -0.25) is 0 Å². The number of hydrogen-bond donors (Lipinski definition) is 0. The molecule has 2 spiro atoms. The van der Waals surface area contributed by atoms with Gasteiger partial charge in [-0.15, -0.1) is 0 Å². The van der Waals surface area contributed by atoms with Crippen molar-refractivity contribution in [1.82, 2.24) is 0 Å². The second kappa shape index (κ2) is 11.8. The monoisotopic (exact) mass is 727 g/mol. The fourth-order valence-electron chi connectivity index (χ4n) is 14.2. The van der Waals surface area contributed by atoms with Gasteiger partial charge in [-0.05, 0) is 130 Å². The average Bonchev–Trinajstić information content (AvgIpc) is 3.98. The Labute approximate surface area is 333 Å². The van der Waals surface area contributed by atoms with Gasteiger partial charge in [-0.25, -0.2) is 0 Å². The first kappa shape index (κ1) is 33.3. The van der Waals surface area contributed by atoms with Crippen LogP contribution in [0, 0.1) is 17.8 Å². The Morgan fingerprint density at radius 1 is 0.536 bits per heavy atom. The largest absolute Gasteiger partial charge is 0.309 e. The van der Waals surface area contributed by atoms with E-state index in [1.165, 1.54) is 126 Å². The van der Waals surface area contributed by atoms with Crippen molar-refractivity contribution in [3.63, 3.8) is 0 Å². The maximum Gasteiger partial charge on any atom is 0.0543 e. The highest BCUT2D eigenvalue weighted by Crippen LogP contribution is 2.67. The molecule has 0 radical (unpaired) electrons. The van der Waals surface area contributed by atoms with Crippen molar-refractivity contribution in [2.45, 2.75) is 101 Å². The van der Waals surface area contributed by atoms with Gasteiger partial charge in [0.05, 0.1) is 11.4 Å². The highest BCUT2D eigenvalue weighted by atomic mass is 15.1. The van der Waals surface area contributed by atoms with Crippen molar-refractivity contribution >= 4 is 17.1 Å². The zero-order valence-corrected chi connectivity index (χ0v) is 33.4. The summed E-state index contributed by atoms with van der Waals surface area (Å²) in [5.74, 6) is 2.24. The van der Waals surface area contributed by atoms with Crippen LogP contribution in [0.25, 0.3) is 33.4 Å². The molecule has 6 aliphatic rings. The molecular weight excluding hydrogens is 675 g/mol. The molecule has 0 amide bonds. The predicted octanol–water partition coefficient (Wildman–Crippen LogP) is 14.8. The molecule has 6 aromatic carbocycles. The minimum absolute atomic E-state index is 0.0694. The van der Waals surface area contributed by atoms with Crippen LogP contribution in [0.2, 0.25) is 0 Å². The Balaban J connectivity index is 1.16. The molecule has 6 aliphatic carbocycles. The number of nitrogens with zero attached hydrogens (tertiary/aromatic N) is 1. The van der Waals surface area contributed by atoms with E-state index in [9.17, 15) is 0 Å². The normalized spacial score (nSPS) is 25.0. The molecule has 3 saturated carbocycles. The van der Waals surface area contributed by atoms with Gasteiger partial charge in [0.2, 0.25) is 0 Å². The zero-order chi connectivity index (χ0) is 37.4. The fourth-order valence-corrected chi connectivity index (χ4v) is 14.2. The number of rotatable bonds is 4. The van der Waals surface area contributed by atoms with Crippen LogP contribution in [0.3, 0.4) is 0 Å². The molecule has 0 heterocycles. The van der Waals surface area contributed by atoms with E-state index < -0.39 is 0 Å². The molecule has 6 aromatic rings. The molecule has 4 unspecified atom stereocenters. The Kier molecular flexibility index (Phi) is 7.03. The summed E-state index contributed by atoms with van der Waals surface area (Å²) < 4.78 is 0. The Morgan fingerprint density at radius 2 is 1.14 bits per heavy atom. The number of benzene rings is 6. The minimum Gasteiger partial charge on any atom is -0.309 e. The van der Waals surface area contributed by atoms with Gasteiger partial charge in [-0.2, -0.15) is 0 Å². The first-order valence-corrected chi connectivity index (χ1v) is 22.0. The topological polar surface area (TPSA) is 3.24 Å². The van der Waals surface area contributed by atoms with Crippen LogP contribution in [0.1, 0.15) is 118 Å². The molecule has 1 nitrogen and oxygen atoms in total. The quantitative estimate of drug-likeness (QED) is 0.175. The molecule has 2 bridgehead atoms. The molecule has 0 aromatic heterocycles. The lowest BCUT2D eigenvalue weighted by molar-refractivity contribution is 0.0557. The Morgan fingerprint density at radius 3 is 1.89 bits per heavy atom. The smallest absolute Gasteiger partial charge is 0.0543 e. The molecule has 0 N–H and O–H groups in total. The second-order valence-electron chi connectivity index (χ2n) is 19.0. The first-order valence-electron chi connectivity index (χ1n) is 22.0. The van der Waals surface area contributed by atoms with Crippen molar-refractivity contribution in [3.8, 4) is 33.4 Å². The van der Waals surface area contributed by atoms with Crippen LogP contribution in [0.5, 0.6) is 0 Å². The summed E-state index contributed by atoms with van der Waals surface area (Å²) in [6, 6.07) is 50.4. The summed E-state index contributed by atoms with van der Waals surface area (Å²) in [5.41, 5.74) is 21.8. The van der Waals surface area contributed by atoms with Crippen molar-refractivity contribution in [2.24, 2.45) is 17.8 Å². The van der Waals surface area contributed by atoms with Gasteiger partial charge < -0.3 is 4.90 Å². The maximum absolute atomic E-state index is 2.73. The molecular formula is C55H53N. The first-order chi connectivity index (χ1) is 27.5. The van der Waals surface area contributed by atoms with E-state index in [0.29, 0.717) is 11.8 Å². The molecule has 0 aliphatic heterocycles. The van der Waals surface area contributed by atoms with E-state index in [1.54, 1.807) is 22.3 Å². The number of fused-ring (bicyclic) bond motifs is 16. The van der Waals surface area contributed by atoms with Gasteiger partial charge in [0.15, 0.2) is 0 Å². The molecule has 278 valence electrons. The van der Waals surface area contributed by atoms with E-state index in [2.05, 4.69) is 153 Å². The van der Waals surface area contributed by atoms with Crippen molar-refractivity contribution in [1.29, 1.82) is 0 Å². The van der Waals surface area contributed by atoms with Gasteiger partial charge >= 0.3 is 0 Å². The lowest BCUT2D eigenvalue weighted by Crippen LogP contribution is -2.48. The standard InChI is InChI=1S/C55H53N/c1-4-36-32-35-16-13-17-37(33-35)55(36)45-23-10-7-20-42(45)52-47(55)25-15-27-50(52)56(38-28-29-40-39-18-5-8-21-43(39)53(2,3)48(40)34-38)49-26-14-24-46-51(49)41-19-6-9-22-44(41)54(46)30-11-12-31-54/h5-10,14-15,18-29,34-37H,4,11-13,16-17,30-33H2,1-3H3. The fraction of sp³-hybridized carbons (Fsp3) is 0.345. The van der Waals surface area contributed by atoms with Crippen molar-refractivity contribution < 1.29 is 0 Å². The van der Waals surface area contributed by atoms with Crippen LogP contribution in [-0.4, -0.2) is 0 Å². The third-order valence-corrected chi connectivity index (χ3v) is 16.3. The van der Waals surface area contributed by atoms with Crippen LogP contribution < -0.4 is 4.90 Å². The van der Waals surface area contributed by atoms with Gasteiger partial charge in [0, 0.05) is 33.1 Å². The summed E-state index contributed by atoms with van der Waals surface area (Å²) in [7, 11) is 0. The zero-order valence-electron chi connectivity index (χ0n) is 33.4. The van der Waals surface area contributed by atoms with E-state index in [4.69, 9.17) is 0 Å². The Bertz CT molecular complexity index is 2580. The van der Waals surface area contributed by atoms with Crippen LogP contribution in [-0.2, 0) is 16.2 Å². The summed E-state index contributed by atoms with van der Waals surface area (Å²) in [5, 5.41) is 0. The highest BCUT2D eigenvalue weighted by Gasteiger charge is 2.57. The number of anilines is 3. The lowest BCUT2D eigenvalue weighted by atomic mass is 9.50. The summed E-state index contributed by atoms with van der Waals surface area (Å²) >= 11 is 0. The summed E-state index contributed by atoms with van der Waals surface area (Å²) in [6.07, 6.45) is 13.2. The van der Waals surface area contributed by atoms with Crippen LogP contribution in [0.4, 0.5) is 17.1 Å². The molecule has 56 heavy (non-hydrogen) atoms. The molecule has 1 heteroatoms. The van der Waals surface area contributed by atoms with Gasteiger partial charge in [0.1, 0.15) is 0 Å². The third-order valence-electron chi connectivity index (χ3n) is 16.3. The van der Waals surface area contributed by atoms with Crippen molar-refractivity contribution in [2.75, 3.05) is 4.90 Å². The highest BCUT2D eigenvalue weighted by molar-refractivity contribution is 6.01. The van der Waals surface area contributed by atoms with E-state index >= 15 is 0 Å². The number of hydrogen-bond acceptors (Lipinski definition) is 1. The SMILES string of the molecule is CCC1CC2CCCC(C2)C12c1ccccc1-c1c(N(c3ccc4c(c3)C(C)(C)c3ccccc3-4)c3cccc4c3-c3ccccc3C43CCCC3)cccc12. The summed E-state index contributed by atoms with van der Waals surface area (Å²) in [4.78, 5) is 2.73. The molecule has 0 saturated heterocycles. The maximum atomic E-state index is 2.73. The minimum atomic E-state index is -0.0873. The predicted molar refractivity (Wildman–Crippen MR) is 233 cm³/mol. The van der Waals surface area contributed by atoms with Gasteiger partial charge in [0.25, 0.3) is 0 Å². The van der Waals surface area contributed by atoms with E-state index in [-0.39, 0.29) is 16.2 Å². The van der Waals surface area contributed by atoms with E-state index in [0.717, 1.165) is 5.92 Å². The van der Waals surface area contributed by atoms with Crippen LogP contribution in [0.15, 0.2) is 127 Å². The third kappa shape index (κ3) is 4.12. The van der Waals surface area contributed by atoms with E-state index in [1.807, 2.05) is 0 Å². The van der Waals surface area contributed by atoms with Gasteiger partial charge in [-0.1, -0.05) is 156 Å². The van der Waals surface area contributed by atoms with Crippen LogP contribution >= 0.6 is 0 Å².